The monoisotopic (exact) mass is 287 g/mol. The van der Waals surface area contributed by atoms with E-state index in [2.05, 4.69) is 37.4 Å². The number of hydrogen-bond acceptors (Lipinski definition) is 2. The molecule has 0 saturated heterocycles. The maximum Gasteiger partial charge on any atom is 0.125 e. The van der Waals surface area contributed by atoms with E-state index in [-0.39, 0.29) is 5.60 Å². The summed E-state index contributed by atoms with van der Waals surface area (Å²) in [7, 11) is 0. The van der Waals surface area contributed by atoms with Crippen LogP contribution in [0.25, 0.3) is 0 Å². The van der Waals surface area contributed by atoms with Gasteiger partial charge in [0.05, 0.1) is 0 Å². The molecule has 1 aromatic rings. The first-order chi connectivity index (χ1) is 10.2. The Hall–Kier alpha value is -1.02. The average molecular weight is 287 g/mol. The second-order valence-electron chi connectivity index (χ2n) is 6.95. The molecule has 21 heavy (non-hydrogen) atoms. The van der Waals surface area contributed by atoms with Gasteiger partial charge in [-0.05, 0) is 57.2 Å². The van der Waals surface area contributed by atoms with Crippen molar-refractivity contribution >= 4 is 0 Å². The first-order valence-electron chi connectivity index (χ1n) is 8.75. The van der Waals surface area contributed by atoms with Crippen molar-refractivity contribution in [2.45, 2.75) is 76.9 Å². The third kappa shape index (κ3) is 3.26. The normalized spacial score (nSPS) is 23.0. The highest BCUT2D eigenvalue weighted by molar-refractivity contribution is 5.42. The van der Waals surface area contributed by atoms with Gasteiger partial charge in [0, 0.05) is 18.0 Å². The SMILES string of the molecule is CCCCCNC1CC2(CCCC2)Oc2cc(C)ccc21. The molecule has 0 amide bonds. The van der Waals surface area contributed by atoms with Crippen molar-refractivity contribution in [3.8, 4) is 5.75 Å². The van der Waals surface area contributed by atoms with Gasteiger partial charge in [-0.2, -0.15) is 0 Å². The van der Waals surface area contributed by atoms with E-state index in [4.69, 9.17) is 4.74 Å². The van der Waals surface area contributed by atoms with Crippen LogP contribution in [0.15, 0.2) is 18.2 Å². The molecule has 0 radical (unpaired) electrons. The standard InChI is InChI=1S/C19H29NO/c1-3-4-7-12-20-17-14-19(10-5-6-11-19)21-18-13-15(2)8-9-16(17)18/h8-9,13,17,20H,3-7,10-12,14H2,1-2H3. The Kier molecular flexibility index (Phi) is 4.54. The number of benzene rings is 1. The third-order valence-corrected chi connectivity index (χ3v) is 5.13. The fourth-order valence-corrected chi connectivity index (χ4v) is 3.93. The van der Waals surface area contributed by atoms with Crippen LogP contribution in [-0.2, 0) is 0 Å². The molecule has 3 rings (SSSR count). The van der Waals surface area contributed by atoms with Crippen molar-refractivity contribution in [1.82, 2.24) is 5.32 Å². The van der Waals surface area contributed by atoms with Crippen LogP contribution in [0.5, 0.6) is 5.75 Å². The lowest BCUT2D eigenvalue weighted by Gasteiger charge is -2.40. The average Bonchev–Trinajstić information content (AvgIpc) is 2.90. The van der Waals surface area contributed by atoms with E-state index >= 15 is 0 Å². The fraction of sp³-hybridized carbons (Fsp3) is 0.684. The molecule has 1 atom stereocenters. The molecule has 1 fully saturated rings. The van der Waals surface area contributed by atoms with E-state index in [0.29, 0.717) is 6.04 Å². The number of hydrogen-bond donors (Lipinski definition) is 1. The number of unbranched alkanes of at least 4 members (excludes halogenated alkanes) is 2. The molecule has 1 N–H and O–H groups in total. The summed E-state index contributed by atoms with van der Waals surface area (Å²) in [4.78, 5) is 0. The molecule has 0 aromatic heterocycles. The first kappa shape index (κ1) is 14.9. The second kappa shape index (κ2) is 6.39. The van der Waals surface area contributed by atoms with Crippen LogP contribution in [0.2, 0.25) is 0 Å². The smallest absolute Gasteiger partial charge is 0.125 e. The Morgan fingerprint density at radius 3 is 2.81 bits per heavy atom. The lowest BCUT2D eigenvalue weighted by Crippen LogP contribution is -2.42. The largest absolute Gasteiger partial charge is 0.487 e. The lowest BCUT2D eigenvalue weighted by atomic mass is 9.85. The minimum atomic E-state index is 0.114. The Morgan fingerprint density at radius 1 is 1.24 bits per heavy atom. The molecule has 0 bridgehead atoms. The molecule has 1 unspecified atom stereocenters. The van der Waals surface area contributed by atoms with Gasteiger partial charge in [0.15, 0.2) is 0 Å². The van der Waals surface area contributed by atoms with Crippen LogP contribution in [-0.4, -0.2) is 12.1 Å². The zero-order chi connectivity index (χ0) is 14.7. The van der Waals surface area contributed by atoms with Crippen molar-refractivity contribution in [1.29, 1.82) is 0 Å². The van der Waals surface area contributed by atoms with Gasteiger partial charge in [0.2, 0.25) is 0 Å². The summed E-state index contributed by atoms with van der Waals surface area (Å²) in [6, 6.07) is 7.19. The molecule has 1 aliphatic carbocycles. The molecule has 116 valence electrons. The van der Waals surface area contributed by atoms with Gasteiger partial charge in [-0.15, -0.1) is 0 Å². The predicted molar refractivity (Wildman–Crippen MR) is 87.9 cm³/mol. The summed E-state index contributed by atoms with van der Waals surface area (Å²) in [5.74, 6) is 1.14. The van der Waals surface area contributed by atoms with Crippen molar-refractivity contribution in [2.24, 2.45) is 0 Å². The van der Waals surface area contributed by atoms with Crippen molar-refractivity contribution in [2.75, 3.05) is 6.54 Å². The quantitative estimate of drug-likeness (QED) is 0.777. The Bertz CT molecular complexity index is 476. The zero-order valence-corrected chi connectivity index (χ0v) is 13.6. The van der Waals surface area contributed by atoms with Crippen LogP contribution in [0, 0.1) is 6.92 Å². The maximum absolute atomic E-state index is 6.48. The van der Waals surface area contributed by atoms with Gasteiger partial charge in [-0.25, -0.2) is 0 Å². The number of aryl methyl sites for hydroxylation is 1. The molecule has 2 aliphatic rings. The minimum absolute atomic E-state index is 0.114. The molecular formula is C19H29NO. The Balaban J connectivity index is 1.77. The molecule has 1 aliphatic heterocycles. The van der Waals surface area contributed by atoms with E-state index in [9.17, 15) is 0 Å². The third-order valence-electron chi connectivity index (χ3n) is 5.13. The number of rotatable bonds is 5. The van der Waals surface area contributed by atoms with Crippen LogP contribution in [0.4, 0.5) is 0 Å². The van der Waals surface area contributed by atoms with E-state index < -0.39 is 0 Å². The predicted octanol–water partition coefficient (Wildman–Crippen LogP) is 4.91. The molecular weight excluding hydrogens is 258 g/mol. The molecule has 1 heterocycles. The van der Waals surface area contributed by atoms with Gasteiger partial charge in [-0.1, -0.05) is 31.9 Å². The summed E-state index contributed by atoms with van der Waals surface area (Å²) in [5.41, 5.74) is 2.78. The molecule has 1 saturated carbocycles. The number of fused-ring (bicyclic) bond motifs is 1. The molecule has 2 nitrogen and oxygen atoms in total. The Morgan fingerprint density at radius 2 is 2.05 bits per heavy atom. The Labute approximate surface area is 129 Å². The highest BCUT2D eigenvalue weighted by Gasteiger charge is 2.42. The molecule has 1 spiro atoms. The first-order valence-corrected chi connectivity index (χ1v) is 8.75. The summed E-state index contributed by atoms with van der Waals surface area (Å²) in [5, 5.41) is 3.80. The summed E-state index contributed by atoms with van der Waals surface area (Å²) in [6.07, 6.45) is 10.1. The van der Waals surface area contributed by atoms with E-state index in [1.165, 1.54) is 56.1 Å². The topological polar surface area (TPSA) is 21.3 Å². The molecule has 2 heteroatoms. The van der Waals surface area contributed by atoms with E-state index in [1.54, 1.807) is 0 Å². The van der Waals surface area contributed by atoms with Gasteiger partial charge in [0.25, 0.3) is 0 Å². The highest BCUT2D eigenvalue weighted by atomic mass is 16.5. The van der Waals surface area contributed by atoms with Crippen molar-refractivity contribution in [3.63, 3.8) is 0 Å². The maximum atomic E-state index is 6.48. The molecule has 1 aromatic carbocycles. The van der Waals surface area contributed by atoms with Gasteiger partial charge in [-0.3, -0.25) is 0 Å². The van der Waals surface area contributed by atoms with E-state index in [0.717, 1.165) is 18.7 Å². The van der Waals surface area contributed by atoms with Crippen LogP contribution in [0.3, 0.4) is 0 Å². The van der Waals surface area contributed by atoms with Gasteiger partial charge < -0.3 is 10.1 Å². The summed E-state index contributed by atoms with van der Waals surface area (Å²) >= 11 is 0. The van der Waals surface area contributed by atoms with E-state index in [1.807, 2.05) is 0 Å². The summed E-state index contributed by atoms with van der Waals surface area (Å²) in [6.45, 7) is 5.55. The number of ether oxygens (including phenoxy) is 1. The van der Waals surface area contributed by atoms with Gasteiger partial charge >= 0.3 is 0 Å². The number of nitrogens with one attached hydrogen (secondary N) is 1. The minimum Gasteiger partial charge on any atom is -0.487 e. The van der Waals surface area contributed by atoms with Gasteiger partial charge in [0.1, 0.15) is 11.4 Å². The summed E-state index contributed by atoms with van der Waals surface area (Å²) < 4.78 is 6.48. The van der Waals surface area contributed by atoms with Crippen LogP contribution in [0.1, 0.15) is 75.5 Å². The fourth-order valence-electron chi connectivity index (χ4n) is 3.93. The zero-order valence-electron chi connectivity index (χ0n) is 13.6. The van der Waals surface area contributed by atoms with Crippen LogP contribution >= 0.6 is 0 Å². The van der Waals surface area contributed by atoms with Crippen molar-refractivity contribution < 1.29 is 4.74 Å². The van der Waals surface area contributed by atoms with Crippen molar-refractivity contribution in [3.05, 3.63) is 29.3 Å². The lowest BCUT2D eigenvalue weighted by molar-refractivity contribution is 0.0367. The highest BCUT2D eigenvalue weighted by Crippen LogP contribution is 2.47. The second-order valence-corrected chi connectivity index (χ2v) is 6.95. The van der Waals surface area contributed by atoms with Crippen LogP contribution < -0.4 is 10.1 Å².